The highest BCUT2D eigenvalue weighted by atomic mass is 19.1. The first-order valence-electron chi connectivity index (χ1n) is 13.2. The fourth-order valence-electron chi connectivity index (χ4n) is 4.38. The number of nitriles is 1. The van der Waals surface area contributed by atoms with Gasteiger partial charge in [-0.05, 0) is 68.0 Å². The average Bonchev–Trinajstić information content (AvgIpc) is 2.90. The van der Waals surface area contributed by atoms with Crippen molar-refractivity contribution in [1.82, 2.24) is 10.2 Å². The topological polar surface area (TPSA) is 157 Å². The van der Waals surface area contributed by atoms with Gasteiger partial charge in [0.15, 0.2) is 0 Å². The number of halogens is 2. The van der Waals surface area contributed by atoms with E-state index >= 15 is 0 Å². The van der Waals surface area contributed by atoms with E-state index in [1.807, 2.05) is 19.9 Å². The average molecular weight is 559 g/mol. The summed E-state index contributed by atoms with van der Waals surface area (Å²) in [5, 5.41) is 32.7. The van der Waals surface area contributed by atoms with Crippen molar-refractivity contribution >= 4 is 17.7 Å². The Morgan fingerprint density at radius 2 is 1.55 bits per heavy atom. The van der Waals surface area contributed by atoms with E-state index in [0.717, 1.165) is 12.1 Å². The molecule has 0 bridgehead atoms. The zero-order valence-corrected chi connectivity index (χ0v) is 22.7. The van der Waals surface area contributed by atoms with Crippen molar-refractivity contribution in [2.24, 2.45) is 5.73 Å². The van der Waals surface area contributed by atoms with Crippen molar-refractivity contribution < 1.29 is 33.4 Å². The van der Waals surface area contributed by atoms with Gasteiger partial charge in [-0.15, -0.1) is 0 Å². The van der Waals surface area contributed by atoms with Crippen molar-refractivity contribution in [1.29, 1.82) is 5.26 Å². The molecule has 0 radical (unpaired) electrons. The normalized spacial score (nSPS) is 13.1. The Balaban J connectivity index is 2.43. The van der Waals surface area contributed by atoms with E-state index < -0.39 is 41.7 Å². The maximum absolute atomic E-state index is 13.8. The van der Waals surface area contributed by atoms with Crippen LogP contribution >= 0.6 is 0 Å². The number of carbonyl (C=O) groups excluding carboxylic acids is 3. The molecule has 2 aromatic rings. The van der Waals surface area contributed by atoms with Crippen LogP contribution in [0, 0.1) is 23.0 Å². The highest BCUT2D eigenvalue weighted by Crippen LogP contribution is 2.18. The molecule has 3 amide bonds. The maximum Gasteiger partial charge on any atom is 0.253 e. The second kappa shape index (κ2) is 15.6. The minimum atomic E-state index is -1.57. The number of primary amides is 1. The minimum Gasteiger partial charge on any atom is -0.390 e. The van der Waals surface area contributed by atoms with E-state index in [0.29, 0.717) is 32.0 Å². The number of hydrogen-bond acceptors (Lipinski definition) is 6. The molecule has 0 heterocycles. The van der Waals surface area contributed by atoms with Crippen LogP contribution in [0.25, 0.3) is 0 Å². The molecule has 216 valence electrons. The van der Waals surface area contributed by atoms with Gasteiger partial charge in [0, 0.05) is 42.3 Å². The fraction of sp³-hybridized carbons (Fsp3) is 0.448. The lowest BCUT2D eigenvalue weighted by molar-refractivity contribution is -0.00790. The van der Waals surface area contributed by atoms with Crippen LogP contribution in [0.5, 0.6) is 0 Å². The molecule has 0 fully saturated rings. The standard InChI is InChI=1S/C29H36F2N4O5/c1-3-9-35(10-4-2)29(40)21-15-19(27(33)38)14-20(16-21)28(39)34-24(26(37)25(36)7-5-6-8-32)13-18-11-22(30)17-23(31)12-18/h11-12,14-17,24-26,36-37H,3-7,9-10,13H2,1-2H3,(H2,33,38)(H,34,39). The molecule has 3 atom stereocenters. The van der Waals surface area contributed by atoms with Gasteiger partial charge >= 0.3 is 0 Å². The number of hydrogen-bond donors (Lipinski definition) is 4. The molecule has 0 saturated carbocycles. The van der Waals surface area contributed by atoms with Crippen LogP contribution in [0.15, 0.2) is 36.4 Å². The predicted molar refractivity (Wildman–Crippen MR) is 144 cm³/mol. The number of nitrogens with two attached hydrogens (primary N) is 1. The first-order valence-corrected chi connectivity index (χ1v) is 13.2. The Morgan fingerprint density at radius 3 is 2.10 bits per heavy atom. The zero-order valence-electron chi connectivity index (χ0n) is 22.7. The van der Waals surface area contributed by atoms with E-state index in [-0.39, 0.29) is 53.8 Å². The number of nitrogens with zero attached hydrogens (tertiary/aromatic N) is 2. The van der Waals surface area contributed by atoms with Gasteiger partial charge in [-0.25, -0.2) is 8.78 Å². The van der Waals surface area contributed by atoms with E-state index in [2.05, 4.69) is 5.32 Å². The Kier molecular flexibility index (Phi) is 12.6. The lowest BCUT2D eigenvalue weighted by Gasteiger charge is -2.28. The van der Waals surface area contributed by atoms with Crippen LogP contribution in [0.2, 0.25) is 0 Å². The third kappa shape index (κ3) is 9.39. The SMILES string of the molecule is CCCN(CCC)C(=O)c1cc(C(N)=O)cc(C(=O)NC(Cc2cc(F)cc(F)c2)C(O)C(O)CCCC#N)c1. The largest absolute Gasteiger partial charge is 0.390 e. The van der Waals surface area contributed by atoms with Crippen molar-refractivity contribution in [2.45, 2.75) is 70.6 Å². The summed E-state index contributed by atoms with van der Waals surface area (Å²) in [6.07, 6.45) is -1.32. The van der Waals surface area contributed by atoms with E-state index in [1.165, 1.54) is 18.2 Å². The van der Waals surface area contributed by atoms with Gasteiger partial charge in [0.05, 0.1) is 18.2 Å². The Hall–Kier alpha value is -3.88. The van der Waals surface area contributed by atoms with Crippen LogP contribution in [0.1, 0.15) is 82.6 Å². The number of unbranched alkanes of at least 4 members (excludes halogenated alkanes) is 1. The first-order chi connectivity index (χ1) is 19.0. The molecule has 2 aromatic carbocycles. The Bertz CT molecular complexity index is 1210. The fourth-order valence-corrected chi connectivity index (χ4v) is 4.38. The molecule has 0 aliphatic rings. The molecule has 2 rings (SSSR count). The summed E-state index contributed by atoms with van der Waals surface area (Å²) < 4.78 is 27.7. The molecule has 9 nitrogen and oxygen atoms in total. The summed E-state index contributed by atoms with van der Waals surface area (Å²) in [6.45, 7) is 4.77. The Labute approximate surface area is 232 Å². The molecule has 11 heteroatoms. The Morgan fingerprint density at radius 1 is 0.975 bits per heavy atom. The van der Waals surface area contributed by atoms with E-state index in [9.17, 15) is 33.4 Å². The summed E-state index contributed by atoms with van der Waals surface area (Å²) in [6, 6.07) is 7.28. The number of amides is 3. The van der Waals surface area contributed by atoms with Crippen LogP contribution in [0.3, 0.4) is 0 Å². The second-order valence-electron chi connectivity index (χ2n) is 9.63. The summed E-state index contributed by atoms with van der Waals surface area (Å²) in [5.41, 5.74) is 5.47. The first kappa shape index (κ1) is 32.3. The quantitative estimate of drug-likeness (QED) is 0.246. The van der Waals surface area contributed by atoms with Gasteiger partial charge in [-0.3, -0.25) is 14.4 Å². The molecule has 3 unspecified atom stereocenters. The van der Waals surface area contributed by atoms with Gasteiger partial charge in [0.25, 0.3) is 11.8 Å². The van der Waals surface area contributed by atoms with Gasteiger partial charge in [-0.1, -0.05) is 13.8 Å². The van der Waals surface area contributed by atoms with Crippen LogP contribution in [0.4, 0.5) is 8.78 Å². The highest BCUT2D eigenvalue weighted by Gasteiger charge is 2.29. The van der Waals surface area contributed by atoms with Gasteiger partial charge in [0.1, 0.15) is 17.7 Å². The smallest absolute Gasteiger partial charge is 0.253 e. The minimum absolute atomic E-state index is 0.0408. The van der Waals surface area contributed by atoms with E-state index in [1.54, 1.807) is 4.90 Å². The number of carbonyl (C=O) groups is 3. The summed E-state index contributed by atoms with van der Waals surface area (Å²) in [7, 11) is 0. The van der Waals surface area contributed by atoms with Crippen molar-refractivity contribution in [2.75, 3.05) is 13.1 Å². The summed E-state index contributed by atoms with van der Waals surface area (Å²) >= 11 is 0. The molecular weight excluding hydrogens is 522 g/mol. The monoisotopic (exact) mass is 558 g/mol. The molecule has 0 aromatic heterocycles. The number of rotatable bonds is 15. The summed E-state index contributed by atoms with van der Waals surface area (Å²) in [4.78, 5) is 40.2. The zero-order chi connectivity index (χ0) is 29.8. The molecule has 40 heavy (non-hydrogen) atoms. The maximum atomic E-state index is 13.8. The molecule has 0 aliphatic heterocycles. The molecule has 0 aliphatic carbocycles. The van der Waals surface area contributed by atoms with Crippen LogP contribution in [-0.4, -0.2) is 64.2 Å². The number of aliphatic hydroxyl groups is 2. The number of nitrogens with one attached hydrogen (secondary N) is 1. The lowest BCUT2D eigenvalue weighted by atomic mass is 9.94. The van der Waals surface area contributed by atoms with Crippen LogP contribution in [-0.2, 0) is 6.42 Å². The molecular formula is C29H36F2N4O5. The third-order valence-electron chi connectivity index (χ3n) is 6.29. The molecule has 0 saturated heterocycles. The second-order valence-corrected chi connectivity index (χ2v) is 9.63. The number of benzene rings is 2. The summed E-state index contributed by atoms with van der Waals surface area (Å²) in [5.74, 6) is -3.77. The molecule has 5 N–H and O–H groups in total. The lowest BCUT2D eigenvalue weighted by Crippen LogP contribution is -2.50. The number of aliphatic hydroxyl groups excluding tert-OH is 2. The van der Waals surface area contributed by atoms with Gasteiger partial charge < -0.3 is 26.2 Å². The van der Waals surface area contributed by atoms with Gasteiger partial charge in [-0.2, -0.15) is 5.26 Å². The van der Waals surface area contributed by atoms with Gasteiger partial charge in [0.2, 0.25) is 5.91 Å². The van der Waals surface area contributed by atoms with Crippen molar-refractivity contribution in [3.63, 3.8) is 0 Å². The molecule has 0 spiro atoms. The van der Waals surface area contributed by atoms with Crippen molar-refractivity contribution in [3.05, 3.63) is 70.3 Å². The highest BCUT2D eigenvalue weighted by molar-refractivity contribution is 6.04. The van der Waals surface area contributed by atoms with Crippen molar-refractivity contribution in [3.8, 4) is 6.07 Å². The third-order valence-corrected chi connectivity index (χ3v) is 6.29. The van der Waals surface area contributed by atoms with E-state index in [4.69, 9.17) is 11.0 Å². The predicted octanol–water partition coefficient (Wildman–Crippen LogP) is 3.08. The van der Waals surface area contributed by atoms with Crippen LogP contribution < -0.4 is 11.1 Å².